The van der Waals surface area contributed by atoms with Gasteiger partial charge in [0.15, 0.2) is 0 Å². The molecule has 1 aliphatic carbocycles. The average Bonchev–Trinajstić information content (AvgIpc) is 2.81. The largest absolute Gasteiger partial charge is 0.481 e. The molecule has 0 bridgehead atoms. The Morgan fingerprint density at radius 3 is 2.95 bits per heavy atom. The van der Waals surface area contributed by atoms with Crippen LogP contribution in [0.1, 0.15) is 60.3 Å². The fraction of sp³-hybridized carbons (Fsp3) is 0.625. The van der Waals surface area contributed by atoms with E-state index in [1.165, 1.54) is 10.4 Å². The first-order chi connectivity index (χ1) is 10.0. The van der Waals surface area contributed by atoms with E-state index in [-0.39, 0.29) is 18.4 Å². The van der Waals surface area contributed by atoms with Crippen molar-refractivity contribution in [2.75, 3.05) is 0 Å². The summed E-state index contributed by atoms with van der Waals surface area (Å²) in [5.41, 5.74) is 1.94. The van der Waals surface area contributed by atoms with Gasteiger partial charge in [-0.25, -0.2) is 0 Å². The van der Waals surface area contributed by atoms with Crippen molar-refractivity contribution in [3.05, 3.63) is 21.4 Å². The third kappa shape index (κ3) is 4.06. The van der Waals surface area contributed by atoms with E-state index in [2.05, 4.69) is 12.2 Å². The number of hydrogen-bond acceptors (Lipinski definition) is 3. The van der Waals surface area contributed by atoms with E-state index in [9.17, 15) is 9.59 Å². The monoisotopic (exact) mass is 309 g/mol. The summed E-state index contributed by atoms with van der Waals surface area (Å²) < 4.78 is 0. The summed E-state index contributed by atoms with van der Waals surface area (Å²) >= 11 is 1.66. The Kier molecular flexibility index (Phi) is 5.39. The summed E-state index contributed by atoms with van der Waals surface area (Å²) in [6.45, 7) is 4.24. The molecule has 2 unspecified atom stereocenters. The van der Waals surface area contributed by atoms with Crippen LogP contribution in [0.2, 0.25) is 0 Å². The summed E-state index contributed by atoms with van der Waals surface area (Å²) in [6, 6.07) is -0.280. The van der Waals surface area contributed by atoms with Crippen LogP contribution in [0.4, 0.5) is 0 Å². The summed E-state index contributed by atoms with van der Waals surface area (Å²) in [6.07, 6.45) is 4.68. The molecule has 0 spiro atoms. The molecule has 2 atom stereocenters. The Labute approximate surface area is 129 Å². The zero-order valence-electron chi connectivity index (χ0n) is 12.6. The molecule has 1 heterocycles. The number of carbonyl (C=O) groups is 2. The first-order valence-corrected chi connectivity index (χ1v) is 8.51. The Bertz CT molecular complexity index is 524. The number of rotatable bonds is 6. The summed E-state index contributed by atoms with van der Waals surface area (Å²) in [5.74, 6) is -0.288. The molecule has 0 aliphatic heterocycles. The molecule has 0 fully saturated rings. The van der Waals surface area contributed by atoms with Crippen molar-refractivity contribution in [1.29, 1.82) is 0 Å². The van der Waals surface area contributed by atoms with Crippen LogP contribution in [0.5, 0.6) is 0 Å². The normalized spacial score (nSPS) is 18.9. The molecule has 0 radical (unpaired) electrons. The number of carbonyl (C=O) groups excluding carboxylic acids is 1. The van der Waals surface area contributed by atoms with Gasteiger partial charge in [-0.15, -0.1) is 11.3 Å². The molecule has 21 heavy (non-hydrogen) atoms. The van der Waals surface area contributed by atoms with Crippen LogP contribution in [-0.4, -0.2) is 23.0 Å². The highest BCUT2D eigenvalue weighted by atomic mass is 32.1. The Morgan fingerprint density at radius 2 is 2.29 bits per heavy atom. The van der Waals surface area contributed by atoms with E-state index in [0.29, 0.717) is 12.3 Å². The van der Waals surface area contributed by atoms with Gasteiger partial charge in [0.2, 0.25) is 0 Å². The van der Waals surface area contributed by atoms with Crippen molar-refractivity contribution >= 4 is 23.2 Å². The van der Waals surface area contributed by atoms with Gasteiger partial charge in [0, 0.05) is 16.3 Å². The van der Waals surface area contributed by atoms with Crippen molar-refractivity contribution in [2.24, 2.45) is 5.92 Å². The van der Waals surface area contributed by atoms with Gasteiger partial charge in [-0.3, -0.25) is 9.59 Å². The zero-order valence-corrected chi connectivity index (χ0v) is 13.5. The molecular formula is C16H23NO3S. The van der Waals surface area contributed by atoms with Gasteiger partial charge < -0.3 is 10.4 Å². The second-order valence-corrected chi connectivity index (χ2v) is 6.92. The Morgan fingerprint density at radius 1 is 1.52 bits per heavy atom. The Hall–Kier alpha value is -1.36. The van der Waals surface area contributed by atoms with Crippen LogP contribution < -0.4 is 5.32 Å². The third-order valence-corrected chi connectivity index (χ3v) is 5.09. The van der Waals surface area contributed by atoms with E-state index in [1.807, 2.05) is 12.3 Å². The van der Waals surface area contributed by atoms with Gasteiger partial charge >= 0.3 is 5.97 Å². The molecule has 5 heteroatoms. The van der Waals surface area contributed by atoms with Gasteiger partial charge in [-0.2, -0.15) is 0 Å². The van der Waals surface area contributed by atoms with E-state index in [0.717, 1.165) is 31.2 Å². The molecule has 2 rings (SSSR count). The number of amides is 1. The highest BCUT2D eigenvalue weighted by molar-refractivity contribution is 7.10. The molecule has 1 aliphatic rings. The van der Waals surface area contributed by atoms with Crippen LogP contribution in [0.25, 0.3) is 0 Å². The standard InChI is InChI=1S/C16H23NO3S/c1-3-4-11(8-15(18)19)17-16(20)13-9-21-14-7-10(2)5-6-12(13)14/h9-11H,3-8H2,1-2H3,(H,17,20)(H,18,19). The summed E-state index contributed by atoms with van der Waals surface area (Å²) in [4.78, 5) is 24.6. The van der Waals surface area contributed by atoms with Crippen molar-refractivity contribution < 1.29 is 14.7 Å². The highest BCUT2D eigenvalue weighted by Gasteiger charge is 2.24. The van der Waals surface area contributed by atoms with Gasteiger partial charge in [-0.05, 0) is 37.2 Å². The highest BCUT2D eigenvalue weighted by Crippen LogP contribution is 2.32. The first-order valence-electron chi connectivity index (χ1n) is 7.63. The van der Waals surface area contributed by atoms with Crippen molar-refractivity contribution in [2.45, 2.75) is 58.4 Å². The van der Waals surface area contributed by atoms with E-state index in [1.54, 1.807) is 11.3 Å². The fourth-order valence-corrected chi connectivity index (χ4v) is 4.16. The fourth-order valence-electron chi connectivity index (χ4n) is 2.92. The lowest BCUT2D eigenvalue weighted by Crippen LogP contribution is -2.36. The molecule has 4 nitrogen and oxygen atoms in total. The molecule has 0 aromatic carbocycles. The summed E-state index contributed by atoms with van der Waals surface area (Å²) in [5, 5.41) is 13.8. The predicted molar refractivity (Wildman–Crippen MR) is 83.9 cm³/mol. The second kappa shape index (κ2) is 7.07. The molecule has 116 valence electrons. The zero-order chi connectivity index (χ0) is 15.4. The molecule has 0 saturated carbocycles. The Balaban J connectivity index is 2.07. The first kappa shape index (κ1) is 16.0. The van der Waals surface area contributed by atoms with Crippen LogP contribution in [0.3, 0.4) is 0 Å². The molecule has 1 amide bonds. The van der Waals surface area contributed by atoms with Crippen LogP contribution in [-0.2, 0) is 17.6 Å². The quantitative estimate of drug-likeness (QED) is 0.847. The minimum atomic E-state index is -0.866. The molecule has 0 saturated heterocycles. The number of aliphatic carboxylic acids is 1. The number of carboxylic acid groups (broad SMARTS) is 1. The van der Waals surface area contributed by atoms with Gasteiger partial charge in [-0.1, -0.05) is 20.3 Å². The SMILES string of the molecule is CCCC(CC(=O)O)NC(=O)c1csc2c1CCC(C)C2. The van der Waals surface area contributed by atoms with Crippen LogP contribution in [0.15, 0.2) is 5.38 Å². The lowest BCUT2D eigenvalue weighted by Gasteiger charge is -2.20. The van der Waals surface area contributed by atoms with Gasteiger partial charge in [0.25, 0.3) is 5.91 Å². The van der Waals surface area contributed by atoms with Crippen molar-refractivity contribution in [1.82, 2.24) is 5.32 Å². The predicted octanol–water partition coefficient (Wildman–Crippen LogP) is 3.25. The molecular weight excluding hydrogens is 286 g/mol. The maximum atomic E-state index is 12.4. The number of hydrogen-bond donors (Lipinski definition) is 2. The van der Waals surface area contributed by atoms with Crippen LogP contribution >= 0.6 is 11.3 Å². The van der Waals surface area contributed by atoms with Crippen LogP contribution in [0, 0.1) is 5.92 Å². The van der Waals surface area contributed by atoms with E-state index in [4.69, 9.17) is 5.11 Å². The average molecular weight is 309 g/mol. The topological polar surface area (TPSA) is 66.4 Å². The maximum absolute atomic E-state index is 12.4. The molecule has 2 N–H and O–H groups in total. The lowest BCUT2D eigenvalue weighted by molar-refractivity contribution is -0.137. The van der Waals surface area contributed by atoms with Crippen molar-refractivity contribution in [3.8, 4) is 0 Å². The minimum Gasteiger partial charge on any atom is -0.481 e. The van der Waals surface area contributed by atoms with E-state index >= 15 is 0 Å². The number of carboxylic acids is 1. The van der Waals surface area contributed by atoms with E-state index < -0.39 is 5.97 Å². The summed E-state index contributed by atoms with van der Waals surface area (Å²) in [7, 11) is 0. The minimum absolute atomic E-state index is 0.0110. The van der Waals surface area contributed by atoms with Crippen molar-refractivity contribution in [3.63, 3.8) is 0 Å². The number of nitrogens with one attached hydrogen (secondary N) is 1. The molecule has 1 aromatic rings. The smallest absolute Gasteiger partial charge is 0.305 e. The number of fused-ring (bicyclic) bond motifs is 1. The lowest BCUT2D eigenvalue weighted by atomic mass is 9.88. The third-order valence-electron chi connectivity index (χ3n) is 4.04. The van der Waals surface area contributed by atoms with Gasteiger partial charge in [0.05, 0.1) is 12.0 Å². The second-order valence-electron chi connectivity index (χ2n) is 5.96. The maximum Gasteiger partial charge on any atom is 0.305 e. The van der Waals surface area contributed by atoms with Gasteiger partial charge in [0.1, 0.15) is 0 Å². The number of thiophene rings is 1. The molecule has 1 aromatic heterocycles.